The van der Waals surface area contributed by atoms with E-state index < -0.39 is 0 Å². The van der Waals surface area contributed by atoms with Crippen LogP contribution in [0, 0.1) is 0 Å². The molecule has 1 rings (SSSR count). The van der Waals surface area contributed by atoms with Crippen molar-refractivity contribution in [2.24, 2.45) is 0 Å². The van der Waals surface area contributed by atoms with Crippen LogP contribution in [0.3, 0.4) is 0 Å². The van der Waals surface area contributed by atoms with Gasteiger partial charge >= 0.3 is 47.2 Å². The molecule has 0 aliphatic rings. The van der Waals surface area contributed by atoms with Crippen LogP contribution in [-0.4, -0.2) is 4.98 Å². The fourth-order valence-electron chi connectivity index (χ4n) is 0.314. The molecule has 1 aromatic heterocycles. The zero-order chi connectivity index (χ0) is 4.41. The Morgan fingerprint density at radius 1 is 1.67 bits per heavy atom. The van der Waals surface area contributed by atoms with Crippen molar-refractivity contribution in [2.75, 3.05) is 0 Å². The first kappa shape index (κ1) is 4.14. The Morgan fingerprint density at radius 3 is 2.67 bits per heavy atom. The summed E-state index contributed by atoms with van der Waals surface area (Å²) < 4.78 is 1.23. The summed E-state index contributed by atoms with van der Waals surface area (Å²) in [7, 11) is 0. The van der Waals surface area contributed by atoms with Crippen molar-refractivity contribution in [3.8, 4) is 0 Å². The zero-order valence-electron chi connectivity index (χ0n) is 3.14. The molecule has 0 aliphatic carbocycles. The van der Waals surface area contributed by atoms with Gasteiger partial charge in [0.15, 0.2) is 0 Å². The average Bonchev–Trinajstić information content (AvgIpc) is 1.86. The van der Waals surface area contributed by atoms with E-state index in [0.29, 0.717) is 0 Å². The Hall–Kier alpha value is -0.0317. The van der Waals surface area contributed by atoms with Gasteiger partial charge in [-0.3, -0.25) is 0 Å². The van der Waals surface area contributed by atoms with Gasteiger partial charge in [-0.15, -0.1) is 0 Å². The van der Waals surface area contributed by atoms with Gasteiger partial charge in [0.25, 0.3) is 0 Å². The van der Waals surface area contributed by atoms with Crippen LogP contribution < -0.4 is 4.08 Å². The summed E-state index contributed by atoms with van der Waals surface area (Å²) in [5.74, 6) is 0. The fourth-order valence-corrected chi connectivity index (χ4v) is 0.674. The quantitative estimate of drug-likeness (QED) is 0.524. The fraction of sp³-hybridized carbons (Fsp3) is 0. The number of aromatic nitrogens is 1. The maximum atomic E-state index is 3.00. The summed E-state index contributed by atoms with van der Waals surface area (Å²) in [5.41, 5.74) is 0. The van der Waals surface area contributed by atoms with E-state index in [0.717, 1.165) is 0 Å². The molecule has 1 N–H and O–H groups in total. The second-order valence-corrected chi connectivity index (χ2v) is 2.12. The van der Waals surface area contributed by atoms with Crippen molar-refractivity contribution >= 4 is 4.08 Å². The molecule has 0 saturated carbocycles. The first-order valence-corrected chi connectivity index (χ1v) is 2.70. The summed E-state index contributed by atoms with van der Waals surface area (Å²) in [6.45, 7) is 0. The van der Waals surface area contributed by atoms with Crippen LogP contribution >= 0.6 is 0 Å². The van der Waals surface area contributed by atoms with Gasteiger partial charge in [0.1, 0.15) is 0 Å². The van der Waals surface area contributed by atoms with Crippen molar-refractivity contribution < 1.29 is 19.8 Å². The van der Waals surface area contributed by atoms with E-state index in [2.05, 4.69) is 4.98 Å². The number of aromatic amines is 1. The van der Waals surface area contributed by atoms with Crippen LogP contribution in [0.4, 0.5) is 0 Å². The molecule has 0 aliphatic heterocycles. The first-order chi connectivity index (χ1) is 2.89. The number of rotatable bonds is 0. The van der Waals surface area contributed by atoms with Crippen LogP contribution in [0.25, 0.3) is 0 Å². The molecular weight excluding hydrogens is 158 g/mol. The Morgan fingerprint density at radius 2 is 2.50 bits per heavy atom. The van der Waals surface area contributed by atoms with Crippen LogP contribution in [-0.2, 0) is 19.8 Å². The third-order valence-electron chi connectivity index (χ3n) is 0.569. The van der Waals surface area contributed by atoms with E-state index in [1.807, 2.05) is 38.1 Å². The van der Waals surface area contributed by atoms with Gasteiger partial charge in [-0.1, -0.05) is 0 Å². The number of H-pyrrole nitrogens is 1. The van der Waals surface area contributed by atoms with Gasteiger partial charge in [-0.05, 0) is 0 Å². The van der Waals surface area contributed by atoms with Gasteiger partial charge in [0.2, 0.25) is 0 Å². The number of hydrogen-bond acceptors (Lipinski definition) is 0. The Kier molecular flexibility index (Phi) is 1.11. The molecule has 0 spiro atoms. The molecule has 0 saturated heterocycles. The van der Waals surface area contributed by atoms with Gasteiger partial charge in [-0.25, -0.2) is 0 Å². The van der Waals surface area contributed by atoms with Crippen molar-refractivity contribution in [1.29, 1.82) is 0 Å². The van der Waals surface area contributed by atoms with E-state index in [1.54, 1.807) is 0 Å². The van der Waals surface area contributed by atoms with E-state index in [4.69, 9.17) is 0 Å². The molecule has 2 heteroatoms. The van der Waals surface area contributed by atoms with Gasteiger partial charge < -0.3 is 0 Å². The molecule has 1 aromatic rings. The summed E-state index contributed by atoms with van der Waals surface area (Å²) in [5, 5.41) is 0. The molecule has 0 radical (unpaired) electrons. The third-order valence-corrected chi connectivity index (χ3v) is 1.19. The second-order valence-electron chi connectivity index (χ2n) is 1.03. The average molecular weight is 162 g/mol. The molecule has 0 atom stereocenters. The van der Waals surface area contributed by atoms with Gasteiger partial charge in [0.05, 0.1) is 0 Å². The van der Waals surface area contributed by atoms with Crippen LogP contribution in [0.2, 0.25) is 0 Å². The van der Waals surface area contributed by atoms with E-state index in [-0.39, 0.29) is 0 Å². The zero-order valence-corrected chi connectivity index (χ0v) is 5.15. The first-order valence-electron chi connectivity index (χ1n) is 1.70. The van der Waals surface area contributed by atoms with Crippen LogP contribution in [0.5, 0.6) is 0 Å². The summed E-state index contributed by atoms with van der Waals surface area (Å²) in [6.07, 6.45) is 1.91. The third kappa shape index (κ3) is 0.720. The standard InChI is InChI=1S/C4H4N.Mo/c1-2-4-5-3-1;/h1-3,5H;. The molecule has 1 nitrogen and oxygen atoms in total. The second kappa shape index (κ2) is 1.61. The molecule has 0 fully saturated rings. The van der Waals surface area contributed by atoms with E-state index in [1.165, 1.54) is 4.08 Å². The maximum absolute atomic E-state index is 3.00. The predicted octanol–water partition coefficient (Wildman–Crippen LogP) is 0.187. The van der Waals surface area contributed by atoms with E-state index >= 15 is 0 Å². The topological polar surface area (TPSA) is 15.8 Å². The Balaban J connectivity index is 3.05. The van der Waals surface area contributed by atoms with Crippen molar-refractivity contribution in [3.63, 3.8) is 0 Å². The van der Waals surface area contributed by atoms with Crippen molar-refractivity contribution in [3.05, 3.63) is 18.3 Å². The van der Waals surface area contributed by atoms with Crippen LogP contribution in [0.15, 0.2) is 18.3 Å². The van der Waals surface area contributed by atoms with E-state index in [9.17, 15) is 0 Å². The Bertz CT molecular complexity index is 111. The van der Waals surface area contributed by atoms with Gasteiger partial charge in [-0.2, -0.15) is 0 Å². The SMILES string of the molecule is [Mo][c]1ccc[nH]1. The number of hydrogen-bond donors (Lipinski definition) is 1. The molecule has 0 bridgehead atoms. The van der Waals surface area contributed by atoms with Crippen molar-refractivity contribution in [1.82, 2.24) is 4.98 Å². The number of nitrogens with one attached hydrogen (secondary N) is 1. The summed E-state index contributed by atoms with van der Waals surface area (Å²) in [6, 6.07) is 4.02. The minimum absolute atomic E-state index is 1.23. The molecule has 6 heavy (non-hydrogen) atoms. The molecule has 0 unspecified atom stereocenters. The summed E-state index contributed by atoms with van der Waals surface area (Å²) in [4.78, 5) is 3.00. The molecule has 0 aromatic carbocycles. The Labute approximate surface area is 47.7 Å². The molecular formula is C4H4MoN. The predicted molar refractivity (Wildman–Crippen MR) is 20.4 cm³/mol. The summed E-state index contributed by atoms with van der Waals surface area (Å²) >= 11 is 1.96. The molecule has 0 amide bonds. The van der Waals surface area contributed by atoms with Gasteiger partial charge in [0, 0.05) is 0 Å². The normalized spacial score (nSPS) is 8.67. The molecule has 31 valence electrons. The van der Waals surface area contributed by atoms with Crippen molar-refractivity contribution in [2.45, 2.75) is 0 Å². The monoisotopic (exact) mass is 164 g/mol. The minimum atomic E-state index is 1.23. The van der Waals surface area contributed by atoms with Crippen LogP contribution in [0.1, 0.15) is 0 Å². The molecule has 1 heterocycles.